The van der Waals surface area contributed by atoms with Crippen LogP contribution in [0.3, 0.4) is 0 Å². The summed E-state index contributed by atoms with van der Waals surface area (Å²) in [5.74, 6) is 0.901. The zero-order valence-electron chi connectivity index (χ0n) is 19.0. The average Bonchev–Trinajstić information content (AvgIpc) is 3.33. The molecule has 0 atom stereocenters. The number of H-pyrrole nitrogens is 1. The summed E-state index contributed by atoms with van der Waals surface area (Å²) in [6, 6.07) is 20.0. The van der Waals surface area contributed by atoms with E-state index in [4.69, 9.17) is 4.74 Å². The summed E-state index contributed by atoms with van der Waals surface area (Å²) in [6.45, 7) is 0.487. The van der Waals surface area contributed by atoms with E-state index in [1.165, 1.54) is 0 Å². The first-order chi connectivity index (χ1) is 17.1. The maximum Gasteiger partial charge on any atom is 0.251 e. The van der Waals surface area contributed by atoms with Gasteiger partial charge in [0.2, 0.25) is 5.88 Å². The van der Waals surface area contributed by atoms with Crippen LogP contribution in [0.5, 0.6) is 11.6 Å². The number of methoxy groups -OCH3 is 1. The highest BCUT2D eigenvalue weighted by Crippen LogP contribution is 2.35. The molecule has 0 aliphatic carbocycles. The van der Waals surface area contributed by atoms with Gasteiger partial charge in [-0.15, -0.1) is 0 Å². The van der Waals surface area contributed by atoms with Crippen LogP contribution in [0.4, 0.5) is 0 Å². The number of nitrogens with zero attached hydrogens (tertiary/aromatic N) is 3. The molecule has 0 saturated heterocycles. The lowest BCUT2D eigenvalue weighted by atomic mass is 10.0. The van der Waals surface area contributed by atoms with Crippen molar-refractivity contribution in [1.29, 1.82) is 0 Å². The molecule has 5 rings (SSSR count). The lowest BCUT2D eigenvalue weighted by molar-refractivity contribution is 0.0954. The van der Waals surface area contributed by atoms with Crippen LogP contribution in [-0.4, -0.2) is 44.6 Å². The van der Waals surface area contributed by atoms with Crippen LogP contribution in [0.15, 0.2) is 79.1 Å². The topological polar surface area (TPSA) is 113 Å². The van der Waals surface area contributed by atoms with Crippen LogP contribution in [0.2, 0.25) is 0 Å². The molecule has 0 saturated carbocycles. The minimum absolute atomic E-state index is 0.0863. The minimum atomic E-state index is -0.174. The molecule has 0 fully saturated rings. The first-order valence-corrected chi connectivity index (χ1v) is 11.1. The summed E-state index contributed by atoms with van der Waals surface area (Å²) in [5.41, 5.74) is 4.99. The number of pyridine rings is 2. The Morgan fingerprint density at radius 1 is 1.00 bits per heavy atom. The Morgan fingerprint density at radius 2 is 1.89 bits per heavy atom. The third kappa shape index (κ3) is 4.67. The number of amides is 1. The Hall–Kier alpha value is -4.72. The second-order valence-electron chi connectivity index (χ2n) is 7.94. The van der Waals surface area contributed by atoms with Gasteiger partial charge in [-0.3, -0.25) is 9.78 Å². The van der Waals surface area contributed by atoms with Crippen LogP contribution in [0.25, 0.3) is 33.5 Å². The number of hydrogen-bond donors (Lipinski definition) is 3. The van der Waals surface area contributed by atoms with Gasteiger partial charge < -0.3 is 20.1 Å². The molecular formula is C27H23N5O3. The largest absolute Gasteiger partial charge is 0.507 e. The molecule has 0 unspecified atom stereocenters. The number of imidazole rings is 1. The van der Waals surface area contributed by atoms with Crippen LogP contribution >= 0.6 is 0 Å². The van der Waals surface area contributed by atoms with E-state index in [0.717, 1.165) is 16.8 Å². The number of aromatic amines is 1. The van der Waals surface area contributed by atoms with Crippen LogP contribution < -0.4 is 10.1 Å². The van der Waals surface area contributed by atoms with E-state index >= 15 is 0 Å². The molecule has 0 radical (unpaired) electrons. The van der Waals surface area contributed by atoms with Crippen molar-refractivity contribution >= 4 is 16.9 Å². The normalized spacial score (nSPS) is 10.9. The van der Waals surface area contributed by atoms with Crippen molar-refractivity contribution in [2.24, 2.45) is 0 Å². The summed E-state index contributed by atoms with van der Waals surface area (Å²) in [7, 11) is 1.57. The molecular weight excluding hydrogens is 442 g/mol. The summed E-state index contributed by atoms with van der Waals surface area (Å²) < 4.78 is 5.37. The Labute approximate surface area is 201 Å². The van der Waals surface area contributed by atoms with Gasteiger partial charge in [-0.2, -0.15) is 0 Å². The van der Waals surface area contributed by atoms with Gasteiger partial charge in [-0.1, -0.05) is 12.1 Å². The predicted octanol–water partition coefficient (Wildman–Crippen LogP) is 4.37. The van der Waals surface area contributed by atoms with E-state index in [2.05, 4.69) is 25.3 Å². The fraction of sp³-hybridized carbons (Fsp3) is 0.111. The van der Waals surface area contributed by atoms with Gasteiger partial charge in [0, 0.05) is 42.2 Å². The maximum absolute atomic E-state index is 12.6. The fourth-order valence-corrected chi connectivity index (χ4v) is 3.90. The molecule has 0 spiro atoms. The van der Waals surface area contributed by atoms with Crippen molar-refractivity contribution in [1.82, 2.24) is 25.3 Å². The van der Waals surface area contributed by atoms with E-state index in [9.17, 15) is 9.90 Å². The SMILES string of the molecule is COc1ncccc1-c1ccc(O)c(-c2nc3ccc(C(=O)NCCc4ccccn4)cc3[nH]2)c1. The van der Waals surface area contributed by atoms with E-state index in [0.29, 0.717) is 46.8 Å². The van der Waals surface area contributed by atoms with Gasteiger partial charge in [0.05, 0.1) is 23.7 Å². The first-order valence-electron chi connectivity index (χ1n) is 11.1. The molecule has 3 heterocycles. The molecule has 0 aliphatic rings. The number of fused-ring (bicyclic) bond motifs is 1. The van der Waals surface area contributed by atoms with Gasteiger partial charge in [-0.05, 0) is 60.2 Å². The molecule has 3 aromatic heterocycles. The van der Waals surface area contributed by atoms with Gasteiger partial charge in [0.1, 0.15) is 11.6 Å². The number of benzene rings is 2. The van der Waals surface area contributed by atoms with E-state index in [1.54, 1.807) is 49.8 Å². The second-order valence-corrected chi connectivity index (χ2v) is 7.94. The predicted molar refractivity (Wildman–Crippen MR) is 133 cm³/mol. The third-order valence-electron chi connectivity index (χ3n) is 5.66. The number of aromatic nitrogens is 4. The standard InChI is InChI=1S/C27H23N5O3/c1-35-27-20(6-4-13-30-27)17-8-10-24(33)21(15-17)25-31-22-9-7-18(16-23(22)32-25)26(34)29-14-11-19-5-2-3-12-28-19/h2-10,12-13,15-16,33H,11,14H2,1H3,(H,29,34)(H,31,32). The molecule has 0 aliphatic heterocycles. The quantitative estimate of drug-likeness (QED) is 0.329. The minimum Gasteiger partial charge on any atom is -0.507 e. The number of phenols is 1. The van der Waals surface area contributed by atoms with Gasteiger partial charge >= 0.3 is 0 Å². The lowest BCUT2D eigenvalue weighted by Gasteiger charge is -2.09. The Bertz CT molecular complexity index is 1500. The van der Waals surface area contributed by atoms with Crippen LogP contribution in [0.1, 0.15) is 16.1 Å². The lowest BCUT2D eigenvalue weighted by Crippen LogP contribution is -2.25. The summed E-state index contributed by atoms with van der Waals surface area (Å²) in [5, 5.41) is 13.5. The van der Waals surface area contributed by atoms with Crippen molar-refractivity contribution in [3.05, 3.63) is 90.4 Å². The molecule has 0 bridgehead atoms. The van der Waals surface area contributed by atoms with Gasteiger partial charge in [0.25, 0.3) is 5.91 Å². The smallest absolute Gasteiger partial charge is 0.251 e. The number of aromatic hydroxyl groups is 1. The number of ether oxygens (including phenoxy) is 1. The highest BCUT2D eigenvalue weighted by atomic mass is 16.5. The molecule has 1 amide bonds. The molecule has 174 valence electrons. The first kappa shape index (κ1) is 22.1. The fourth-order valence-electron chi connectivity index (χ4n) is 3.90. The van der Waals surface area contributed by atoms with E-state index in [-0.39, 0.29) is 11.7 Å². The summed E-state index contributed by atoms with van der Waals surface area (Å²) in [6.07, 6.45) is 4.05. The maximum atomic E-state index is 12.6. The Morgan fingerprint density at radius 3 is 2.71 bits per heavy atom. The third-order valence-corrected chi connectivity index (χ3v) is 5.66. The summed E-state index contributed by atoms with van der Waals surface area (Å²) in [4.78, 5) is 29.0. The van der Waals surface area contributed by atoms with Crippen molar-refractivity contribution in [3.63, 3.8) is 0 Å². The Balaban J connectivity index is 1.39. The molecule has 8 nitrogen and oxygen atoms in total. The molecule has 8 heteroatoms. The van der Waals surface area contributed by atoms with Crippen molar-refractivity contribution < 1.29 is 14.6 Å². The highest BCUT2D eigenvalue weighted by molar-refractivity contribution is 5.97. The average molecular weight is 466 g/mol. The van der Waals surface area contributed by atoms with Crippen molar-refractivity contribution in [3.8, 4) is 34.1 Å². The monoisotopic (exact) mass is 465 g/mol. The summed E-state index contributed by atoms with van der Waals surface area (Å²) >= 11 is 0. The zero-order chi connectivity index (χ0) is 24.2. The number of rotatable bonds is 7. The van der Waals surface area contributed by atoms with E-state index in [1.807, 2.05) is 36.4 Å². The van der Waals surface area contributed by atoms with Gasteiger partial charge in [0.15, 0.2) is 0 Å². The van der Waals surface area contributed by atoms with Gasteiger partial charge in [-0.25, -0.2) is 9.97 Å². The van der Waals surface area contributed by atoms with Crippen molar-refractivity contribution in [2.45, 2.75) is 6.42 Å². The second kappa shape index (κ2) is 9.64. The number of carbonyl (C=O) groups is 1. The van der Waals surface area contributed by atoms with Crippen LogP contribution in [-0.2, 0) is 6.42 Å². The zero-order valence-corrected chi connectivity index (χ0v) is 19.0. The van der Waals surface area contributed by atoms with E-state index < -0.39 is 0 Å². The number of carbonyl (C=O) groups excluding carboxylic acids is 1. The van der Waals surface area contributed by atoms with Crippen molar-refractivity contribution in [2.75, 3.05) is 13.7 Å². The number of nitrogens with one attached hydrogen (secondary N) is 2. The Kier molecular flexibility index (Phi) is 6.09. The highest BCUT2D eigenvalue weighted by Gasteiger charge is 2.15. The van der Waals surface area contributed by atoms with Crippen LogP contribution in [0, 0.1) is 0 Å². The molecule has 3 N–H and O–H groups in total. The number of hydrogen-bond acceptors (Lipinski definition) is 6. The number of phenolic OH excluding ortho intramolecular Hbond substituents is 1. The molecule has 35 heavy (non-hydrogen) atoms. The molecule has 5 aromatic rings. The molecule has 2 aromatic carbocycles.